The van der Waals surface area contributed by atoms with E-state index in [0.29, 0.717) is 5.69 Å². The van der Waals surface area contributed by atoms with E-state index in [1.165, 1.54) is 18.2 Å². The van der Waals surface area contributed by atoms with Crippen molar-refractivity contribution in [1.82, 2.24) is 0 Å². The summed E-state index contributed by atoms with van der Waals surface area (Å²) in [6.45, 7) is -0.815. The first kappa shape index (κ1) is 11.8. The lowest BCUT2D eigenvalue weighted by Gasteiger charge is -2.31. The van der Waals surface area contributed by atoms with Crippen LogP contribution in [0.4, 0.5) is 14.5 Å². The molecule has 4 N–H and O–H groups in total. The van der Waals surface area contributed by atoms with Gasteiger partial charge in [0.05, 0.1) is 6.61 Å². The minimum atomic E-state index is -1.41. The maximum Gasteiger partial charge on any atom is 0.142 e. The Labute approximate surface area is 97.3 Å². The minimum absolute atomic E-state index is 0.0510. The van der Waals surface area contributed by atoms with E-state index >= 15 is 0 Å². The van der Waals surface area contributed by atoms with Gasteiger partial charge in [-0.25, -0.2) is 8.78 Å². The topological polar surface area (TPSA) is 73.6 Å². The van der Waals surface area contributed by atoms with Crippen LogP contribution in [-0.4, -0.2) is 25.7 Å². The van der Waals surface area contributed by atoms with Crippen molar-refractivity contribution in [3.63, 3.8) is 0 Å². The second kappa shape index (κ2) is 4.29. The molecule has 4 nitrogen and oxygen atoms in total. The molecule has 17 heavy (non-hydrogen) atoms. The number of hydrogen-bond acceptors (Lipinski definition) is 4. The largest absolute Gasteiger partial charge is 0.399 e. The number of nitrogen functional groups attached to an aromatic ring is 1. The molecular weight excluding hydrogens is 228 g/mol. The van der Waals surface area contributed by atoms with Crippen LogP contribution in [0, 0.1) is 5.82 Å². The highest BCUT2D eigenvalue weighted by Crippen LogP contribution is 2.32. The number of amidine groups is 1. The second-order valence-electron chi connectivity index (χ2n) is 4.00. The van der Waals surface area contributed by atoms with Crippen LogP contribution >= 0.6 is 0 Å². The molecule has 0 aromatic heterocycles. The van der Waals surface area contributed by atoms with E-state index in [1.54, 1.807) is 0 Å². The molecule has 1 aromatic carbocycles. The number of aliphatic imine (C=N–C) groups is 1. The van der Waals surface area contributed by atoms with Gasteiger partial charge in [-0.05, 0) is 18.2 Å². The smallest absolute Gasteiger partial charge is 0.142 e. The lowest BCUT2D eigenvalue weighted by molar-refractivity contribution is 0.0809. The predicted molar refractivity (Wildman–Crippen MR) is 60.9 cm³/mol. The Kier molecular flexibility index (Phi) is 2.97. The monoisotopic (exact) mass is 241 g/mol. The van der Waals surface area contributed by atoms with Gasteiger partial charge >= 0.3 is 0 Å². The highest BCUT2D eigenvalue weighted by molar-refractivity contribution is 5.82. The Bertz CT molecular complexity index is 464. The van der Waals surface area contributed by atoms with E-state index in [9.17, 15) is 8.78 Å². The molecule has 1 heterocycles. The summed E-state index contributed by atoms with van der Waals surface area (Å²) < 4.78 is 32.1. The molecule has 0 amide bonds. The molecule has 1 atom stereocenters. The summed E-state index contributed by atoms with van der Waals surface area (Å²) in [5.41, 5.74) is 10.1. The fourth-order valence-corrected chi connectivity index (χ4v) is 1.84. The molecule has 6 heteroatoms. The lowest BCUT2D eigenvalue weighted by Crippen LogP contribution is -2.42. The number of rotatable bonds is 2. The number of benzene rings is 1. The Balaban J connectivity index is 2.54. The van der Waals surface area contributed by atoms with Gasteiger partial charge < -0.3 is 16.2 Å². The fraction of sp³-hybridized carbons (Fsp3) is 0.364. The van der Waals surface area contributed by atoms with Gasteiger partial charge in [0.15, 0.2) is 0 Å². The fourth-order valence-electron chi connectivity index (χ4n) is 1.84. The van der Waals surface area contributed by atoms with Crippen molar-refractivity contribution < 1.29 is 13.5 Å². The first-order valence-electron chi connectivity index (χ1n) is 5.11. The zero-order valence-corrected chi connectivity index (χ0v) is 9.12. The number of alkyl halides is 1. The van der Waals surface area contributed by atoms with Gasteiger partial charge in [-0.1, -0.05) is 0 Å². The zero-order valence-electron chi connectivity index (χ0n) is 9.12. The molecule has 92 valence electrons. The number of anilines is 1. The number of ether oxygens (including phenoxy) is 1. The molecular formula is C11H13F2N3O. The van der Waals surface area contributed by atoms with Crippen LogP contribution < -0.4 is 11.5 Å². The average Bonchev–Trinajstić information content (AvgIpc) is 2.32. The summed E-state index contributed by atoms with van der Waals surface area (Å²) in [6.07, 6.45) is 0. The molecule has 0 fully saturated rings. The molecule has 0 unspecified atom stereocenters. The maximum atomic E-state index is 13.7. The Hall–Kier alpha value is -1.69. The van der Waals surface area contributed by atoms with Crippen LogP contribution in [0.3, 0.4) is 0 Å². The van der Waals surface area contributed by atoms with Gasteiger partial charge in [0.2, 0.25) is 0 Å². The third-order valence-electron chi connectivity index (χ3n) is 2.66. The van der Waals surface area contributed by atoms with Crippen molar-refractivity contribution in [2.24, 2.45) is 10.7 Å². The lowest BCUT2D eigenvalue weighted by atomic mass is 9.91. The zero-order chi connectivity index (χ0) is 12.5. The van der Waals surface area contributed by atoms with Gasteiger partial charge in [-0.15, -0.1) is 0 Å². The second-order valence-corrected chi connectivity index (χ2v) is 4.00. The summed E-state index contributed by atoms with van der Waals surface area (Å²) in [4.78, 5) is 4.00. The van der Waals surface area contributed by atoms with E-state index in [-0.39, 0.29) is 24.6 Å². The SMILES string of the molecule is NC1=N[C@](CF)(c2cc(N)ccc2F)COC1. The van der Waals surface area contributed by atoms with E-state index in [1.807, 2.05) is 0 Å². The van der Waals surface area contributed by atoms with Crippen LogP contribution in [0.15, 0.2) is 23.2 Å². The van der Waals surface area contributed by atoms with Crippen LogP contribution in [-0.2, 0) is 10.3 Å². The molecule has 0 saturated carbocycles. The number of nitrogens with zero attached hydrogens (tertiary/aromatic N) is 1. The van der Waals surface area contributed by atoms with E-state index in [2.05, 4.69) is 4.99 Å². The van der Waals surface area contributed by atoms with Gasteiger partial charge in [-0.2, -0.15) is 0 Å². The van der Waals surface area contributed by atoms with Crippen LogP contribution in [0.5, 0.6) is 0 Å². The Morgan fingerprint density at radius 2 is 2.18 bits per heavy atom. The third kappa shape index (κ3) is 2.08. The molecule has 0 bridgehead atoms. The highest BCUT2D eigenvalue weighted by Gasteiger charge is 2.38. The third-order valence-corrected chi connectivity index (χ3v) is 2.66. The molecule has 0 radical (unpaired) electrons. The summed E-state index contributed by atoms with van der Waals surface area (Å²) in [7, 11) is 0. The molecule has 0 saturated heterocycles. The highest BCUT2D eigenvalue weighted by atomic mass is 19.1. The Morgan fingerprint density at radius 1 is 1.41 bits per heavy atom. The minimum Gasteiger partial charge on any atom is -0.399 e. The molecule has 2 rings (SSSR count). The number of halogens is 2. The maximum absolute atomic E-state index is 13.7. The molecule has 1 aromatic rings. The molecule has 0 aliphatic carbocycles. The number of nitrogens with two attached hydrogens (primary N) is 2. The van der Waals surface area contributed by atoms with Crippen LogP contribution in [0.25, 0.3) is 0 Å². The quantitative estimate of drug-likeness (QED) is 0.757. The van der Waals surface area contributed by atoms with Crippen molar-refractivity contribution >= 4 is 11.5 Å². The van der Waals surface area contributed by atoms with Gasteiger partial charge in [0.25, 0.3) is 0 Å². The van der Waals surface area contributed by atoms with E-state index < -0.39 is 18.0 Å². The Morgan fingerprint density at radius 3 is 2.82 bits per heavy atom. The van der Waals surface area contributed by atoms with E-state index in [0.717, 1.165) is 0 Å². The van der Waals surface area contributed by atoms with Crippen molar-refractivity contribution in [3.8, 4) is 0 Å². The number of hydrogen-bond donors (Lipinski definition) is 2. The normalized spacial score (nSPS) is 24.5. The first-order valence-corrected chi connectivity index (χ1v) is 5.11. The summed E-state index contributed by atoms with van der Waals surface area (Å²) in [6, 6.07) is 3.95. The van der Waals surface area contributed by atoms with Gasteiger partial charge in [0.1, 0.15) is 30.5 Å². The van der Waals surface area contributed by atoms with E-state index in [4.69, 9.17) is 16.2 Å². The first-order chi connectivity index (χ1) is 8.07. The standard InChI is InChI=1S/C11H13F2N3O/c12-5-11(6-17-4-10(15)16-11)8-3-7(14)1-2-9(8)13/h1-3H,4-6,14H2,(H2,15,16)/t11-/m0/s1. The molecule has 0 spiro atoms. The molecule has 1 aliphatic heterocycles. The van der Waals surface area contributed by atoms with Gasteiger partial charge in [-0.3, -0.25) is 4.99 Å². The van der Waals surface area contributed by atoms with Crippen molar-refractivity contribution in [2.75, 3.05) is 25.6 Å². The summed E-state index contributed by atoms with van der Waals surface area (Å²) in [5, 5.41) is 0. The van der Waals surface area contributed by atoms with Crippen molar-refractivity contribution in [2.45, 2.75) is 5.54 Å². The van der Waals surface area contributed by atoms with Gasteiger partial charge in [0, 0.05) is 11.3 Å². The summed E-state index contributed by atoms with van der Waals surface area (Å²) in [5.74, 6) is -0.422. The van der Waals surface area contributed by atoms with Crippen LogP contribution in [0.1, 0.15) is 5.56 Å². The van der Waals surface area contributed by atoms with Crippen molar-refractivity contribution in [3.05, 3.63) is 29.6 Å². The molecule has 1 aliphatic rings. The van der Waals surface area contributed by atoms with Crippen molar-refractivity contribution in [1.29, 1.82) is 0 Å². The summed E-state index contributed by atoms with van der Waals surface area (Å²) >= 11 is 0. The predicted octanol–water partition coefficient (Wildman–Crippen LogP) is 0.960. The average molecular weight is 241 g/mol. The van der Waals surface area contributed by atoms with Crippen LogP contribution in [0.2, 0.25) is 0 Å².